The number of nitrogens with zero attached hydrogens (tertiary/aromatic N) is 1. The molecule has 0 heterocycles. The van der Waals surface area contributed by atoms with Crippen LogP contribution in [0.1, 0.15) is 114 Å². The van der Waals surface area contributed by atoms with Crippen LogP contribution in [-0.2, 0) is 6.42 Å². The largest absolute Gasteiger partial charge is 0.508 e. The Morgan fingerprint density at radius 3 is 2.35 bits per heavy atom. The third-order valence-corrected chi connectivity index (χ3v) is 11.1. The number of rotatable bonds is 15. The van der Waals surface area contributed by atoms with Gasteiger partial charge >= 0.3 is 12.1 Å². The van der Waals surface area contributed by atoms with Crippen LogP contribution in [0.15, 0.2) is 18.2 Å². The lowest BCUT2D eigenvalue weighted by Gasteiger charge is -2.53. The van der Waals surface area contributed by atoms with Gasteiger partial charge in [-0.25, -0.2) is 4.39 Å². The van der Waals surface area contributed by atoms with Gasteiger partial charge in [-0.05, 0) is 137 Å². The first kappa shape index (κ1) is 34.4. The van der Waals surface area contributed by atoms with Crippen LogP contribution >= 0.6 is 0 Å². The molecule has 3 aliphatic rings. The van der Waals surface area contributed by atoms with E-state index in [0.29, 0.717) is 43.4 Å². The summed E-state index contributed by atoms with van der Waals surface area (Å²) in [5.74, 6) is -3.03. The normalized spacial score (nSPS) is 29.8. The Labute approximate surface area is 253 Å². The van der Waals surface area contributed by atoms with Gasteiger partial charge in [-0.1, -0.05) is 38.7 Å². The minimum absolute atomic E-state index is 0.0931. The summed E-state index contributed by atoms with van der Waals surface area (Å²) in [5.41, 5.74) is 2.37. The van der Waals surface area contributed by atoms with E-state index in [1.54, 1.807) is 6.07 Å². The number of unbranched alkanes of at least 4 members (excludes halogenated alkanes) is 5. The van der Waals surface area contributed by atoms with E-state index in [4.69, 9.17) is 0 Å². The Kier molecular flexibility index (Phi) is 11.4. The molecule has 246 valence electrons. The molecule has 3 aliphatic carbocycles. The summed E-state index contributed by atoms with van der Waals surface area (Å²) in [6, 6.07) is 5.70. The molecule has 2 fully saturated rings. The summed E-state index contributed by atoms with van der Waals surface area (Å²) in [7, 11) is 2.01. The van der Waals surface area contributed by atoms with E-state index in [9.17, 15) is 32.2 Å². The predicted octanol–water partition coefficient (Wildman–Crippen LogP) is 9.20. The summed E-state index contributed by atoms with van der Waals surface area (Å²) in [4.78, 5) is 2.18. The van der Waals surface area contributed by atoms with Crippen molar-refractivity contribution in [3.8, 4) is 5.75 Å². The van der Waals surface area contributed by atoms with Crippen molar-refractivity contribution in [2.75, 3.05) is 20.1 Å². The Morgan fingerprint density at radius 1 is 0.953 bits per heavy atom. The summed E-state index contributed by atoms with van der Waals surface area (Å²) in [6.45, 7) is 3.86. The molecule has 7 atom stereocenters. The van der Waals surface area contributed by atoms with E-state index < -0.39 is 24.7 Å². The van der Waals surface area contributed by atoms with Crippen molar-refractivity contribution < 1.29 is 36.6 Å². The van der Waals surface area contributed by atoms with E-state index in [0.717, 1.165) is 76.4 Å². The quantitative estimate of drug-likeness (QED) is 0.152. The molecule has 0 spiro atoms. The highest BCUT2D eigenvalue weighted by molar-refractivity contribution is 5.40. The maximum Gasteiger partial charge on any atom is 0.453 e. The van der Waals surface area contributed by atoms with E-state index in [1.807, 2.05) is 13.1 Å². The highest BCUT2D eigenvalue weighted by Crippen LogP contribution is 2.62. The zero-order chi connectivity index (χ0) is 31.4. The Balaban J connectivity index is 1.17. The lowest BCUT2D eigenvalue weighted by atomic mass is 9.52. The molecular weight excluding hydrogens is 568 g/mol. The standard InChI is InChI=1S/C34H51F6NO2/c1-32-17-15-28-27-12-11-26(42)22-23(27)20-24(31(28)29(32)13-14-30(32)43)21-25(35)10-9-19-41(2)18-8-6-4-3-5-7-16-33(36,37)34(38,39)40/h11-12,22,24-25,28-31,42-43H,3-10,13-21H2,1-2H3/t24-,25?,28+,29-,30-,31+,32-/m0/s1. The zero-order valence-electron chi connectivity index (χ0n) is 25.8. The molecule has 0 bridgehead atoms. The third-order valence-electron chi connectivity index (χ3n) is 11.1. The number of aliphatic hydroxyl groups is 1. The first-order chi connectivity index (χ1) is 20.2. The minimum atomic E-state index is -5.46. The van der Waals surface area contributed by atoms with Gasteiger partial charge < -0.3 is 15.1 Å². The van der Waals surface area contributed by atoms with Crippen LogP contribution in [0, 0.1) is 23.2 Å². The molecule has 0 radical (unpaired) electrons. The van der Waals surface area contributed by atoms with Crippen molar-refractivity contribution in [2.24, 2.45) is 23.2 Å². The first-order valence-corrected chi connectivity index (χ1v) is 16.5. The molecule has 9 heteroatoms. The molecule has 1 unspecified atom stereocenters. The van der Waals surface area contributed by atoms with E-state index in [2.05, 4.69) is 17.9 Å². The Bertz CT molecular complexity index is 1030. The number of phenols is 1. The van der Waals surface area contributed by atoms with Crippen molar-refractivity contribution in [1.29, 1.82) is 0 Å². The van der Waals surface area contributed by atoms with Crippen molar-refractivity contribution in [3.05, 3.63) is 29.3 Å². The first-order valence-electron chi connectivity index (χ1n) is 16.5. The average Bonchev–Trinajstić information content (AvgIpc) is 3.23. The summed E-state index contributed by atoms with van der Waals surface area (Å²) < 4.78 is 78.1. The second-order valence-corrected chi connectivity index (χ2v) is 14.1. The van der Waals surface area contributed by atoms with Gasteiger partial charge in [0.15, 0.2) is 0 Å². The lowest BCUT2D eigenvalue weighted by Crippen LogP contribution is -2.47. The number of fused-ring (bicyclic) bond motifs is 5. The molecule has 0 amide bonds. The molecule has 3 nitrogen and oxygen atoms in total. The number of alkyl halides is 6. The fraction of sp³-hybridized carbons (Fsp3) is 0.824. The fourth-order valence-corrected chi connectivity index (χ4v) is 8.70. The van der Waals surface area contributed by atoms with Crippen molar-refractivity contribution in [3.63, 3.8) is 0 Å². The van der Waals surface area contributed by atoms with Gasteiger partial charge in [0, 0.05) is 6.42 Å². The number of hydrogen-bond acceptors (Lipinski definition) is 3. The lowest BCUT2D eigenvalue weighted by molar-refractivity contribution is -0.284. The number of aliphatic hydroxyl groups excluding tert-OH is 1. The minimum Gasteiger partial charge on any atom is -0.508 e. The monoisotopic (exact) mass is 619 g/mol. The number of phenolic OH excluding ortho intramolecular Hbond substituents is 1. The molecule has 1 aromatic carbocycles. The second kappa shape index (κ2) is 14.3. The third kappa shape index (κ3) is 8.22. The number of halogens is 6. The second-order valence-electron chi connectivity index (χ2n) is 14.1. The number of aromatic hydroxyl groups is 1. The van der Waals surface area contributed by atoms with Crippen LogP contribution in [-0.4, -0.2) is 59.6 Å². The molecule has 1 aromatic rings. The average molecular weight is 620 g/mol. The molecule has 4 rings (SSSR count). The molecule has 0 aliphatic heterocycles. The SMILES string of the molecule is CN(CCCCCCCCC(F)(F)C(F)(F)F)CCCC(F)C[C@@H]1Cc2cc(O)ccc2[C@H]2CC[C@]3(C)[C@@H](O)CC[C@H]3[C@H]12. The maximum atomic E-state index is 15.5. The summed E-state index contributed by atoms with van der Waals surface area (Å²) in [6.07, 6.45) is 2.05. The van der Waals surface area contributed by atoms with Gasteiger partial charge in [-0.3, -0.25) is 0 Å². The molecule has 0 saturated heterocycles. The molecule has 43 heavy (non-hydrogen) atoms. The number of hydrogen-bond donors (Lipinski definition) is 2. The van der Waals surface area contributed by atoms with E-state index in [-0.39, 0.29) is 29.6 Å². The molecule has 2 N–H and O–H groups in total. The molecular formula is C34H51F6NO2. The van der Waals surface area contributed by atoms with Crippen LogP contribution in [0.5, 0.6) is 5.75 Å². The Morgan fingerprint density at radius 2 is 1.63 bits per heavy atom. The fourth-order valence-electron chi connectivity index (χ4n) is 8.70. The molecule has 0 aromatic heterocycles. The van der Waals surface area contributed by atoms with Crippen LogP contribution in [0.3, 0.4) is 0 Å². The number of benzene rings is 1. The van der Waals surface area contributed by atoms with Gasteiger partial charge in [0.05, 0.1) is 6.10 Å². The highest BCUT2D eigenvalue weighted by atomic mass is 19.4. The van der Waals surface area contributed by atoms with Crippen molar-refractivity contribution in [1.82, 2.24) is 4.90 Å². The van der Waals surface area contributed by atoms with Crippen LogP contribution in [0.4, 0.5) is 26.3 Å². The highest BCUT2D eigenvalue weighted by Gasteiger charge is 2.57. The van der Waals surface area contributed by atoms with Gasteiger partial charge in [0.25, 0.3) is 0 Å². The topological polar surface area (TPSA) is 43.7 Å². The summed E-state index contributed by atoms with van der Waals surface area (Å²) in [5, 5.41) is 21.0. The van der Waals surface area contributed by atoms with E-state index >= 15 is 4.39 Å². The van der Waals surface area contributed by atoms with Crippen LogP contribution in [0.2, 0.25) is 0 Å². The van der Waals surface area contributed by atoms with E-state index in [1.165, 1.54) is 5.56 Å². The van der Waals surface area contributed by atoms with Crippen LogP contribution in [0.25, 0.3) is 0 Å². The van der Waals surface area contributed by atoms with Crippen molar-refractivity contribution >= 4 is 0 Å². The van der Waals surface area contributed by atoms with Crippen LogP contribution < -0.4 is 0 Å². The maximum absolute atomic E-state index is 15.5. The smallest absolute Gasteiger partial charge is 0.453 e. The predicted molar refractivity (Wildman–Crippen MR) is 157 cm³/mol. The Hall–Kier alpha value is -1.48. The van der Waals surface area contributed by atoms with Gasteiger partial charge in [0.2, 0.25) is 0 Å². The van der Waals surface area contributed by atoms with Crippen molar-refractivity contribution in [2.45, 2.75) is 134 Å². The van der Waals surface area contributed by atoms with Gasteiger partial charge in [-0.2, -0.15) is 22.0 Å². The zero-order valence-corrected chi connectivity index (χ0v) is 25.8. The molecule has 2 saturated carbocycles. The van der Waals surface area contributed by atoms with Gasteiger partial charge in [0.1, 0.15) is 11.9 Å². The van der Waals surface area contributed by atoms with Gasteiger partial charge in [-0.15, -0.1) is 0 Å². The summed E-state index contributed by atoms with van der Waals surface area (Å²) >= 11 is 0.